The molecule has 1 aromatic carbocycles. The highest BCUT2D eigenvalue weighted by molar-refractivity contribution is 7.99. The largest absolute Gasteiger partial charge is 0.481 e. The number of aryl methyl sites for hydroxylation is 1. The first kappa shape index (κ1) is 29.2. The minimum atomic E-state index is -0.424. The predicted molar refractivity (Wildman–Crippen MR) is 159 cm³/mol. The van der Waals surface area contributed by atoms with Gasteiger partial charge in [-0.3, -0.25) is 9.36 Å². The van der Waals surface area contributed by atoms with Gasteiger partial charge in [0.2, 0.25) is 5.91 Å². The number of hydrogen-bond acceptors (Lipinski definition) is 7. The quantitative estimate of drug-likeness (QED) is 0.209. The molecule has 0 saturated carbocycles. The molecule has 206 valence electrons. The molecule has 10 heteroatoms. The third-order valence-corrected chi connectivity index (χ3v) is 9.45. The second-order valence-corrected chi connectivity index (χ2v) is 13.4. The number of anilines is 1. The second-order valence-electron chi connectivity index (χ2n) is 10.9. The average molecular weight is 584 g/mol. The fourth-order valence-corrected chi connectivity index (χ4v) is 6.99. The van der Waals surface area contributed by atoms with Gasteiger partial charge < -0.3 is 10.1 Å². The molecule has 0 radical (unpaired) electrons. The fourth-order valence-electron chi connectivity index (χ4n) is 4.78. The summed E-state index contributed by atoms with van der Waals surface area (Å²) >= 11 is 9.14. The molecule has 2 atom stereocenters. The van der Waals surface area contributed by atoms with E-state index in [4.69, 9.17) is 16.3 Å². The molecule has 1 aliphatic carbocycles. The number of allylic oxidation sites excluding steroid dienone is 1. The van der Waals surface area contributed by atoms with Crippen molar-refractivity contribution >= 4 is 45.6 Å². The van der Waals surface area contributed by atoms with Crippen molar-refractivity contribution in [2.45, 2.75) is 71.7 Å². The lowest BCUT2D eigenvalue weighted by molar-refractivity contribution is -0.113. The molecule has 3 aromatic rings. The zero-order valence-electron chi connectivity index (χ0n) is 23.0. The number of amides is 1. The van der Waals surface area contributed by atoms with Crippen LogP contribution in [0.1, 0.15) is 67.6 Å². The molecule has 1 aliphatic rings. The van der Waals surface area contributed by atoms with E-state index < -0.39 is 6.10 Å². The number of fused-ring (bicyclic) bond motifs is 1. The van der Waals surface area contributed by atoms with Gasteiger partial charge in [-0.05, 0) is 67.7 Å². The van der Waals surface area contributed by atoms with Crippen LogP contribution in [0.25, 0.3) is 0 Å². The lowest BCUT2D eigenvalue weighted by atomic mass is 9.72. The summed E-state index contributed by atoms with van der Waals surface area (Å²) in [5, 5.41) is 23.3. The van der Waals surface area contributed by atoms with Crippen LogP contribution in [0.2, 0.25) is 5.02 Å². The van der Waals surface area contributed by atoms with Crippen LogP contribution in [-0.4, -0.2) is 26.4 Å². The van der Waals surface area contributed by atoms with Crippen molar-refractivity contribution in [1.82, 2.24) is 14.8 Å². The maximum atomic E-state index is 13.0. The number of carbonyl (C=O) groups is 1. The Morgan fingerprint density at radius 2 is 2.21 bits per heavy atom. The van der Waals surface area contributed by atoms with Crippen molar-refractivity contribution in [2.24, 2.45) is 11.3 Å². The molecule has 0 aliphatic heterocycles. The van der Waals surface area contributed by atoms with Gasteiger partial charge in [0, 0.05) is 11.4 Å². The van der Waals surface area contributed by atoms with Crippen LogP contribution < -0.4 is 10.1 Å². The van der Waals surface area contributed by atoms with Crippen molar-refractivity contribution in [1.29, 1.82) is 5.26 Å². The second kappa shape index (κ2) is 12.2. The molecule has 0 bridgehead atoms. The third kappa shape index (κ3) is 6.68. The smallest absolute Gasteiger partial charge is 0.235 e. The van der Waals surface area contributed by atoms with E-state index in [0.717, 1.165) is 30.4 Å². The topological polar surface area (TPSA) is 92.8 Å². The Hall–Kier alpha value is -2.80. The molecule has 2 heterocycles. The van der Waals surface area contributed by atoms with Crippen molar-refractivity contribution in [3.8, 4) is 11.8 Å². The Morgan fingerprint density at radius 3 is 2.90 bits per heavy atom. The Balaban J connectivity index is 1.44. The Labute approximate surface area is 243 Å². The van der Waals surface area contributed by atoms with E-state index in [0.29, 0.717) is 44.8 Å². The highest BCUT2D eigenvalue weighted by atomic mass is 35.5. The van der Waals surface area contributed by atoms with E-state index in [1.165, 1.54) is 16.6 Å². The number of carbonyl (C=O) groups excluding carboxylic acids is 1. The van der Waals surface area contributed by atoms with Gasteiger partial charge in [0.15, 0.2) is 17.1 Å². The molecule has 2 aromatic heterocycles. The number of ether oxygens (including phenoxy) is 1. The first-order chi connectivity index (χ1) is 18.5. The van der Waals surface area contributed by atoms with Crippen molar-refractivity contribution in [3.63, 3.8) is 0 Å². The molecule has 0 spiro atoms. The van der Waals surface area contributed by atoms with E-state index >= 15 is 0 Å². The van der Waals surface area contributed by atoms with Crippen LogP contribution in [0.15, 0.2) is 36.0 Å². The molecule has 0 saturated heterocycles. The summed E-state index contributed by atoms with van der Waals surface area (Å²) < 4.78 is 7.99. The van der Waals surface area contributed by atoms with Gasteiger partial charge in [-0.15, -0.1) is 28.1 Å². The summed E-state index contributed by atoms with van der Waals surface area (Å²) in [6, 6.07) is 7.94. The maximum absolute atomic E-state index is 13.0. The number of nitrogens with zero attached hydrogens (tertiary/aromatic N) is 4. The van der Waals surface area contributed by atoms with Crippen LogP contribution in [0, 0.1) is 29.6 Å². The molecular formula is C29H34ClN5O2S2. The van der Waals surface area contributed by atoms with E-state index in [-0.39, 0.29) is 17.1 Å². The number of halogens is 1. The molecule has 4 rings (SSSR count). The molecule has 1 N–H and O–H groups in total. The number of thioether (sulfide) groups is 1. The molecule has 1 amide bonds. The Bertz CT molecular complexity index is 1420. The monoisotopic (exact) mass is 583 g/mol. The van der Waals surface area contributed by atoms with E-state index in [9.17, 15) is 10.1 Å². The number of nitriles is 1. The summed E-state index contributed by atoms with van der Waals surface area (Å²) in [5.74, 6) is 1.70. The molecule has 0 fully saturated rings. The van der Waals surface area contributed by atoms with E-state index in [2.05, 4.69) is 48.9 Å². The minimum Gasteiger partial charge on any atom is -0.481 e. The van der Waals surface area contributed by atoms with Gasteiger partial charge in [-0.2, -0.15) is 5.26 Å². The van der Waals surface area contributed by atoms with Crippen LogP contribution in [-0.2, 0) is 24.2 Å². The summed E-state index contributed by atoms with van der Waals surface area (Å²) in [7, 11) is 0. The number of aromatic nitrogens is 3. The highest BCUT2D eigenvalue weighted by Gasteiger charge is 2.32. The van der Waals surface area contributed by atoms with Crippen molar-refractivity contribution in [3.05, 3.63) is 63.3 Å². The molecule has 2 unspecified atom stereocenters. The zero-order valence-corrected chi connectivity index (χ0v) is 25.4. The first-order valence-electron chi connectivity index (χ1n) is 13.0. The molecule has 39 heavy (non-hydrogen) atoms. The maximum Gasteiger partial charge on any atom is 0.235 e. The normalized spacial score (nSPS) is 15.8. The summed E-state index contributed by atoms with van der Waals surface area (Å²) in [6.45, 7) is 15.0. The number of nitrogens with one attached hydrogen (secondary N) is 1. The number of thiophene rings is 1. The molecule has 7 nitrogen and oxygen atoms in total. The molecular weight excluding hydrogens is 550 g/mol. The predicted octanol–water partition coefficient (Wildman–Crippen LogP) is 7.38. The minimum absolute atomic E-state index is 0.131. The van der Waals surface area contributed by atoms with Gasteiger partial charge in [0.25, 0.3) is 0 Å². The summed E-state index contributed by atoms with van der Waals surface area (Å²) in [6.07, 6.45) is 4.22. The van der Waals surface area contributed by atoms with Crippen LogP contribution in [0.5, 0.6) is 5.75 Å². The average Bonchev–Trinajstić information content (AvgIpc) is 3.44. The SMILES string of the molecule is C=CCn1c(SCC(=O)Nc2sc3c(c2C#N)CCC(C(C)(C)C)C3)nnc1C(C)Oc1cc(C)ccc1Cl. The van der Waals surface area contributed by atoms with Gasteiger partial charge >= 0.3 is 0 Å². The van der Waals surface area contributed by atoms with Gasteiger partial charge in [0.05, 0.1) is 16.3 Å². The lowest BCUT2D eigenvalue weighted by Gasteiger charge is -2.33. The number of hydrogen-bond donors (Lipinski definition) is 1. The van der Waals surface area contributed by atoms with Crippen LogP contribution in [0.3, 0.4) is 0 Å². The fraction of sp³-hybridized carbons (Fsp3) is 0.448. The Morgan fingerprint density at radius 1 is 1.44 bits per heavy atom. The third-order valence-electron chi connectivity index (χ3n) is 7.00. The van der Waals surface area contributed by atoms with Gasteiger partial charge in [-0.1, -0.05) is 56.3 Å². The lowest BCUT2D eigenvalue weighted by Crippen LogP contribution is -2.26. The highest BCUT2D eigenvalue weighted by Crippen LogP contribution is 2.44. The van der Waals surface area contributed by atoms with Gasteiger partial charge in [0.1, 0.15) is 16.8 Å². The summed E-state index contributed by atoms with van der Waals surface area (Å²) in [5.41, 5.74) is 2.96. The first-order valence-corrected chi connectivity index (χ1v) is 15.1. The van der Waals surface area contributed by atoms with Crippen LogP contribution in [0.4, 0.5) is 5.00 Å². The van der Waals surface area contributed by atoms with E-state index in [1.807, 2.05) is 30.5 Å². The number of rotatable bonds is 9. The van der Waals surface area contributed by atoms with Gasteiger partial charge in [-0.25, -0.2) is 0 Å². The van der Waals surface area contributed by atoms with Crippen molar-refractivity contribution < 1.29 is 9.53 Å². The van der Waals surface area contributed by atoms with E-state index in [1.54, 1.807) is 23.5 Å². The van der Waals surface area contributed by atoms with Crippen molar-refractivity contribution in [2.75, 3.05) is 11.1 Å². The number of benzene rings is 1. The standard InChI is InChI=1S/C29H34ClN5O2S2/c1-7-12-35-26(18(3)37-23-13-17(2)8-11-22(23)30)33-34-28(35)38-16-25(36)32-27-21(15-31)20-10-9-19(29(4,5)6)14-24(20)39-27/h7-8,11,13,18-19H,1,9-10,12,14,16H2,2-6H3,(H,32,36). The summed E-state index contributed by atoms with van der Waals surface area (Å²) in [4.78, 5) is 14.2. The Kier molecular flexibility index (Phi) is 9.10. The zero-order chi connectivity index (χ0) is 28.3. The van der Waals surface area contributed by atoms with Crippen LogP contribution >= 0.6 is 34.7 Å².